The van der Waals surface area contributed by atoms with E-state index in [2.05, 4.69) is 4.98 Å². The van der Waals surface area contributed by atoms with Crippen LogP contribution in [0.5, 0.6) is 0 Å². The van der Waals surface area contributed by atoms with Crippen LogP contribution in [0.1, 0.15) is 17.4 Å². The summed E-state index contributed by atoms with van der Waals surface area (Å²) in [7, 11) is 0. The Hall–Kier alpha value is -3.22. The second-order valence-corrected chi connectivity index (χ2v) is 9.26. The molecule has 1 amide bonds. The summed E-state index contributed by atoms with van der Waals surface area (Å²) >= 11 is 7.86. The normalized spacial score (nSPS) is 18.4. The summed E-state index contributed by atoms with van der Waals surface area (Å²) in [6.45, 7) is 0. The minimum Gasteiger partial charge on any atom is -0.481 e. The number of nitrogens with zero attached hydrogens (tertiary/aromatic N) is 1. The van der Waals surface area contributed by atoms with Gasteiger partial charge in [-0.3, -0.25) is 14.5 Å². The van der Waals surface area contributed by atoms with Crippen LogP contribution in [0, 0.1) is 0 Å². The van der Waals surface area contributed by atoms with Gasteiger partial charge >= 0.3 is 5.97 Å². The van der Waals surface area contributed by atoms with E-state index < -0.39 is 16.6 Å². The molecule has 0 bridgehead atoms. The summed E-state index contributed by atoms with van der Waals surface area (Å²) in [5.74, 6) is -1.23. The van der Waals surface area contributed by atoms with E-state index in [9.17, 15) is 14.7 Å². The summed E-state index contributed by atoms with van der Waals surface area (Å²) in [5.41, 5.74) is 4.18. The average molecular weight is 463 g/mol. The standard InChI is InChI=1S/C25H19ClN2O3S/c26-18-12-6-4-10-16(18)25-28(24(31)20(32-25)14-21(29)30)23-17-11-5-7-13-19(17)27-22(23)15-8-2-1-3-9-15/h1-13,20,25,27H,14H2,(H,29,30). The predicted molar refractivity (Wildman–Crippen MR) is 129 cm³/mol. The van der Waals surface area contributed by atoms with Gasteiger partial charge in [0.05, 0.1) is 23.1 Å². The fourth-order valence-electron chi connectivity index (χ4n) is 4.15. The number of para-hydroxylation sites is 1. The first-order valence-electron chi connectivity index (χ1n) is 10.2. The highest BCUT2D eigenvalue weighted by molar-refractivity contribution is 8.01. The number of nitrogens with one attached hydrogen (secondary N) is 1. The summed E-state index contributed by atoms with van der Waals surface area (Å²) in [5, 5.41) is 9.70. The molecule has 1 aliphatic rings. The third-order valence-electron chi connectivity index (χ3n) is 5.55. The highest BCUT2D eigenvalue weighted by Crippen LogP contribution is 2.52. The van der Waals surface area contributed by atoms with Crippen molar-refractivity contribution in [2.24, 2.45) is 0 Å². The van der Waals surface area contributed by atoms with Gasteiger partial charge in [0.2, 0.25) is 5.91 Å². The highest BCUT2D eigenvalue weighted by Gasteiger charge is 2.45. The van der Waals surface area contributed by atoms with Gasteiger partial charge in [-0.05, 0) is 12.1 Å². The maximum Gasteiger partial charge on any atom is 0.305 e. The Morgan fingerprint density at radius 2 is 1.69 bits per heavy atom. The first-order chi connectivity index (χ1) is 15.5. The topological polar surface area (TPSA) is 73.4 Å². The maximum atomic E-state index is 13.6. The first-order valence-corrected chi connectivity index (χ1v) is 11.5. The van der Waals surface area contributed by atoms with E-state index in [1.54, 1.807) is 11.0 Å². The lowest BCUT2D eigenvalue weighted by Crippen LogP contribution is -2.32. The maximum absolute atomic E-state index is 13.6. The Labute approximate surface area is 194 Å². The number of amides is 1. The quantitative estimate of drug-likeness (QED) is 0.375. The number of rotatable bonds is 5. The van der Waals surface area contributed by atoms with E-state index >= 15 is 0 Å². The van der Waals surface area contributed by atoms with Crippen LogP contribution >= 0.6 is 23.4 Å². The number of aromatic nitrogens is 1. The Balaban J connectivity index is 1.75. The van der Waals surface area contributed by atoms with Crippen molar-refractivity contribution in [1.29, 1.82) is 0 Å². The van der Waals surface area contributed by atoms with Gasteiger partial charge in [0, 0.05) is 27.1 Å². The number of carboxylic acids is 1. The average Bonchev–Trinajstić information content (AvgIpc) is 3.32. The van der Waals surface area contributed by atoms with Gasteiger partial charge < -0.3 is 10.1 Å². The van der Waals surface area contributed by atoms with E-state index in [0.29, 0.717) is 5.02 Å². The lowest BCUT2D eigenvalue weighted by Gasteiger charge is -2.26. The molecule has 1 saturated heterocycles. The lowest BCUT2D eigenvalue weighted by molar-refractivity contribution is -0.138. The van der Waals surface area contributed by atoms with Crippen LogP contribution < -0.4 is 4.90 Å². The second-order valence-electron chi connectivity index (χ2n) is 7.56. The Kier molecular flexibility index (Phi) is 5.41. The zero-order valence-electron chi connectivity index (χ0n) is 16.9. The summed E-state index contributed by atoms with van der Waals surface area (Å²) in [6, 6.07) is 25.0. The number of benzene rings is 3. The molecule has 2 atom stereocenters. The van der Waals surface area contributed by atoms with Crippen molar-refractivity contribution in [2.45, 2.75) is 17.0 Å². The molecule has 3 aromatic carbocycles. The number of carbonyl (C=O) groups is 2. The van der Waals surface area contributed by atoms with E-state index in [0.717, 1.165) is 33.4 Å². The van der Waals surface area contributed by atoms with Crippen LogP contribution in [0.3, 0.4) is 0 Å². The molecule has 32 heavy (non-hydrogen) atoms. The molecule has 0 aliphatic carbocycles. The number of halogens is 1. The van der Waals surface area contributed by atoms with Crippen LogP contribution in [0.15, 0.2) is 78.9 Å². The molecule has 0 spiro atoms. The molecule has 1 aliphatic heterocycles. The van der Waals surface area contributed by atoms with Crippen molar-refractivity contribution in [2.75, 3.05) is 4.90 Å². The molecule has 0 saturated carbocycles. The number of hydrogen-bond donors (Lipinski definition) is 2. The smallest absolute Gasteiger partial charge is 0.305 e. The molecule has 2 N–H and O–H groups in total. The van der Waals surface area contributed by atoms with Crippen LogP contribution in [0.4, 0.5) is 5.69 Å². The summed E-state index contributed by atoms with van der Waals surface area (Å²) in [6.07, 6.45) is -0.246. The van der Waals surface area contributed by atoms with E-state index in [1.165, 1.54) is 11.8 Å². The Morgan fingerprint density at radius 3 is 2.44 bits per heavy atom. The fourth-order valence-corrected chi connectivity index (χ4v) is 5.91. The van der Waals surface area contributed by atoms with Gasteiger partial charge in [-0.25, -0.2) is 0 Å². The molecular weight excluding hydrogens is 444 g/mol. The van der Waals surface area contributed by atoms with Crippen LogP contribution in [-0.2, 0) is 9.59 Å². The van der Waals surface area contributed by atoms with E-state index in [-0.39, 0.29) is 12.3 Å². The molecule has 2 heterocycles. The van der Waals surface area contributed by atoms with E-state index in [1.807, 2.05) is 72.8 Å². The predicted octanol–water partition coefficient (Wildman–Crippen LogP) is 6.11. The number of carboxylic acid groups (broad SMARTS) is 1. The Morgan fingerprint density at radius 1 is 1.00 bits per heavy atom. The third kappa shape index (κ3) is 3.55. The Bertz CT molecular complexity index is 1320. The zero-order chi connectivity index (χ0) is 22.2. The molecular formula is C25H19ClN2O3S. The molecule has 1 aromatic heterocycles. The molecule has 1 fully saturated rings. The van der Waals surface area contributed by atoms with Crippen LogP contribution in [0.25, 0.3) is 22.2 Å². The van der Waals surface area contributed by atoms with E-state index in [4.69, 9.17) is 11.6 Å². The number of thioether (sulfide) groups is 1. The van der Waals surface area contributed by atoms with Crippen molar-refractivity contribution in [3.05, 3.63) is 89.4 Å². The first kappa shape index (κ1) is 20.7. The van der Waals surface area contributed by atoms with Gasteiger partial charge in [0.25, 0.3) is 0 Å². The van der Waals surface area contributed by atoms with Gasteiger partial charge in [0.1, 0.15) is 5.37 Å². The molecule has 7 heteroatoms. The number of H-pyrrole nitrogens is 1. The number of fused-ring (bicyclic) bond motifs is 1. The molecule has 5 rings (SSSR count). The second kappa shape index (κ2) is 8.37. The van der Waals surface area contributed by atoms with Crippen molar-refractivity contribution >= 4 is 51.8 Å². The minimum atomic E-state index is -1.00. The number of aromatic amines is 1. The largest absolute Gasteiger partial charge is 0.481 e. The third-order valence-corrected chi connectivity index (χ3v) is 7.32. The van der Waals surface area contributed by atoms with Crippen molar-refractivity contribution in [1.82, 2.24) is 4.98 Å². The highest BCUT2D eigenvalue weighted by atomic mass is 35.5. The van der Waals surface area contributed by atoms with Gasteiger partial charge in [0.15, 0.2) is 0 Å². The van der Waals surface area contributed by atoms with Crippen LogP contribution in [-0.4, -0.2) is 27.2 Å². The van der Waals surface area contributed by atoms with Gasteiger partial charge in [-0.15, -0.1) is 11.8 Å². The number of anilines is 1. The molecule has 4 aromatic rings. The molecule has 0 radical (unpaired) electrons. The summed E-state index contributed by atoms with van der Waals surface area (Å²) < 4.78 is 0. The lowest BCUT2D eigenvalue weighted by atomic mass is 10.1. The monoisotopic (exact) mass is 462 g/mol. The van der Waals surface area contributed by atoms with Gasteiger partial charge in [-0.2, -0.15) is 0 Å². The van der Waals surface area contributed by atoms with Crippen molar-refractivity contribution in [3.63, 3.8) is 0 Å². The minimum absolute atomic E-state index is 0.232. The molecule has 5 nitrogen and oxygen atoms in total. The molecule has 2 unspecified atom stereocenters. The van der Waals surface area contributed by atoms with Crippen molar-refractivity contribution in [3.8, 4) is 11.3 Å². The fraction of sp³-hybridized carbons (Fsp3) is 0.120. The number of hydrogen-bond acceptors (Lipinski definition) is 3. The SMILES string of the molecule is O=C(O)CC1SC(c2ccccc2Cl)N(c2c(-c3ccccc3)[nH]c3ccccc23)C1=O. The van der Waals surface area contributed by atoms with Crippen molar-refractivity contribution < 1.29 is 14.7 Å². The summed E-state index contributed by atoms with van der Waals surface area (Å²) in [4.78, 5) is 30.3. The van der Waals surface area contributed by atoms with Crippen LogP contribution in [0.2, 0.25) is 5.02 Å². The number of carbonyl (C=O) groups excluding carboxylic acids is 1. The molecule has 160 valence electrons. The zero-order valence-corrected chi connectivity index (χ0v) is 18.4. The number of aliphatic carboxylic acids is 1. The van der Waals surface area contributed by atoms with Gasteiger partial charge in [-0.1, -0.05) is 78.3 Å².